The number of carboxylic acids is 1. The number of rotatable bonds is 7. The molecule has 0 aliphatic rings. The van der Waals surface area contributed by atoms with Crippen LogP contribution in [0.4, 0.5) is 0 Å². The average molecular weight is 224 g/mol. The third-order valence-electron chi connectivity index (χ3n) is 1.60. The molecule has 0 spiro atoms. The van der Waals surface area contributed by atoms with Crippen molar-refractivity contribution in [3.63, 3.8) is 0 Å². The Balaban J connectivity index is 3.71. The maximum absolute atomic E-state index is 10.8. The fourth-order valence-corrected chi connectivity index (χ4v) is 0.827. The van der Waals surface area contributed by atoms with Gasteiger partial charge in [-0.15, -0.1) is 0 Å². The van der Waals surface area contributed by atoms with Gasteiger partial charge < -0.3 is 9.84 Å². The molecule has 0 aromatic heterocycles. The van der Waals surface area contributed by atoms with E-state index in [2.05, 4.69) is 11.7 Å². The van der Waals surface area contributed by atoms with E-state index in [-0.39, 0.29) is 0 Å². The third-order valence-corrected chi connectivity index (χ3v) is 1.60. The van der Waals surface area contributed by atoms with Crippen molar-refractivity contribution in [1.82, 2.24) is 0 Å². The Hall–Kier alpha value is -1.84. The van der Waals surface area contributed by atoms with Gasteiger partial charge in [0.15, 0.2) is 0 Å². The number of aliphatic carboxylic acids is 1. The minimum absolute atomic E-state index is 0.708. The molecule has 0 aromatic carbocycles. The molecule has 0 aliphatic heterocycles. The fourth-order valence-electron chi connectivity index (χ4n) is 0.827. The maximum Gasteiger partial charge on any atom is 0.335 e. The van der Waals surface area contributed by atoms with Crippen LogP contribution in [0.15, 0.2) is 36.6 Å². The van der Waals surface area contributed by atoms with Crippen molar-refractivity contribution in [3.8, 4) is 0 Å². The number of hydrogen-bond donors (Lipinski definition) is 1. The first kappa shape index (κ1) is 14.2. The molecule has 0 amide bonds. The lowest BCUT2D eigenvalue weighted by Gasteiger charge is -1.90. The molecule has 88 valence electrons. The number of hydrogen-bond acceptors (Lipinski definition) is 3. The van der Waals surface area contributed by atoms with Gasteiger partial charge in [-0.2, -0.15) is 0 Å². The summed E-state index contributed by atoms with van der Waals surface area (Å²) >= 11 is 0. The van der Waals surface area contributed by atoms with Crippen molar-refractivity contribution < 1.29 is 19.4 Å². The molecule has 4 nitrogen and oxygen atoms in total. The highest BCUT2D eigenvalue weighted by atomic mass is 16.5. The zero-order valence-corrected chi connectivity index (χ0v) is 9.26. The van der Waals surface area contributed by atoms with E-state index in [0.29, 0.717) is 0 Å². The summed E-state index contributed by atoms with van der Waals surface area (Å²) in [5, 5.41) is 8.23. The summed E-state index contributed by atoms with van der Waals surface area (Å²) in [6.45, 7) is 2.11. The highest BCUT2D eigenvalue weighted by Crippen LogP contribution is 1.95. The quantitative estimate of drug-likeness (QED) is 0.237. The third kappa shape index (κ3) is 10.2. The highest BCUT2D eigenvalue weighted by Gasteiger charge is 1.93. The maximum atomic E-state index is 10.8. The molecule has 0 atom stereocenters. The summed E-state index contributed by atoms with van der Waals surface area (Å²) in [7, 11) is 0. The van der Waals surface area contributed by atoms with E-state index in [1.807, 2.05) is 6.08 Å². The summed E-state index contributed by atoms with van der Waals surface area (Å²) in [6, 6.07) is 0. The second-order valence-corrected chi connectivity index (χ2v) is 3.01. The zero-order valence-electron chi connectivity index (χ0n) is 9.26. The molecule has 1 N–H and O–H groups in total. The Morgan fingerprint density at radius 3 is 2.62 bits per heavy atom. The number of esters is 1. The van der Waals surface area contributed by atoms with Crippen LogP contribution in [0.2, 0.25) is 0 Å². The van der Waals surface area contributed by atoms with Gasteiger partial charge in [-0.3, -0.25) is 0 Å². The first-order chi connectivity index (χ1) is 7.66. The van der Waals surface area contributed by atoms with Crippen LogP contribution in [-0.4, -0.2) is 17.0 Å². The van der Waals surface area contributed by atoms with E-state index in [0.717, 1.165) is 31.4 Å². The Morgan fingerprint density at radius 1 is 1.25 bits per heavy atom. The summed E-state index contributed by atoms with van der Waals surface area (Å²) in [5.41, 5.74) is 0. The molecular weight excluding hydrogens is 208 g/mol. The molecule has 4 heteroatoms. The molecule has 0 radical (unpaired) electrons. The Morgan fingerprint density at radius 2 is 2.00 bits per heavy atom. The SMILES string of the molecule is CCCCC=CC=COC(=O)/C=C\C(=O)O. The average Bonchev–Trinajstić information content (AvgIpc) is 2.25. The van der Waals surface area contributed by atoms with Crippen molar-refractivity contribution in [3.05, 3.63) is 36.6 Å². The monoisotopic (exact) mass is 224 g/mol. The van der Waals surface area contributed by atoms with E-state index in [1.54, 1.807) is 12.2 Å². The van der Waals surface area contributed by atoms with Crippen LogP contribution < -0.4 is 0 Å². The summed E-state index contributed by atoms with van der Waals surface area (Å²) in [5.74, 6) is -1.89. The topological polar surface area (TPSA) is 63.6 Å². The van der Waals surface area contributed by atoms with Gasteiger partial charge in [0.05, 0.1) is 6.26 Å². The van der Waals surface area contributed by atoms with Gasteiger partial charge >= 0.3 is 11.9 Å². The van der Waals surface area contributed by atoms with E-state index in [4.69, 9.17) is 5.11 Å². The summed E-state index contributed by atoms with van der Waals surface area (Å²) < 4.78 is 4.58. The number of carboxylic acid groups (broad SMARTS) is 1. The van der Waals surface area contributed by atoms with Gasteiger partial charge in [0, 0.05) is 12.2 Å². The molecule has 0 rings (SSSR count). The lowest BCUT2D eigenvalue weighted by atomic mass is 10.2. The molecule has 0 fully saturated rings. The van der Waals surface area contributed by atoms with Gasteiger partial charge in [-0.05, 0) is 12.5 Å². The van der Waals surface area contributed by atoms with E-state index in [9.17, 15) is 9.59 Å². The molecule has 0 heterocycles. The molecular formula is C12H16O4. The number of carbonyl (C=O) groups is 2. The number of allylic oxidation sites excluding steroid dienone is 3. The first-order valence-corrected chi connectivity index (χ1v) is 5.10. The van der Waals surface area contributed by atoms with Crippen molar-refractivity contribution in [2.24, 2.45) is 0 Å². The second-order valence-electron chi connectivity index (χ2n) is 3.01. The zero-order chi connectivity index (χ0) is 12.2. The Bertz CT molecular complexity index is 300. The predicted molar refractivity (Wildman–Crippen MR) is 60.7 cm³/mol. The van der Waals surface area contributed by atoms with Crippen LogP contribution in [0, 0.1) is 0 Å². The molecule has 0 saturated heterocycles. The lowest BCUT2D eigenvalue weighted by molar-refractivity contribution is -0.134. The summed E-state index contributed by atoms with van der Waals surface area (Å²) in [4.78, 5) is 20.9. The number of unbranched alkanes of at least 4 members (excludes halogenated alkanes) is 2. The smallest absolute Gasteiger partial charge is 0.335 e. The fraction of sp³-hybridized carbons (Fsp3) is 0.333. The van der Waals surface area contributed by atoms with Crippen LogP contribution in [0.3, 0.4) is 0 Å². The Labute approximate surface area is 94.9 Å². The minimum Gasteiger partial charge on any atom is -0.478 e. The molecule has 16 heavy (non-hydrogen) atoms. The van der Waals surface area contributed by atoms with Gasteiger partial charge in [-0.25, -0.2) is 9.59 Å². The van der Waals surface area contributed by atoms with Gasteiger partial charge in [0.1, 0.15) is 0 Å². The van der Waals surface area contributed by atoms with Crippen molar-refractivity contribution in [2.45, 2.75) is 26.2 Å². The minimum atomic E-state index is -1.18. The van der Waals surface area contributed by atoms with Crippen molar-refractivity contribution >= 4 is 11.9 Å². The number of carbonyl (C=O) groups excluding carboxylic acids is 1. The molecule has 0 aliphatic carbocycles. The van der Waals surface area contributed by atoms with Crippen LogP contribution in [0.25, 0.3) is 0 Å². The summed E-state index contributed by atoms with van der Waals surface area (Å²) in [6.07, 6.45) is 11.4. The standard InChI is InChI=1S/C12H16O4/c1-2-3-4-5-6-7-10-16-12(15)9-8-11(13)14/h5-10H,2-4H2,1H3,(H,13,14)/b6-5?,9-8-,10-7?. The van der Waals surface area contributed by atoms with E-state index < -0.39 is 11.9 Å². The normalized spacial score (nSPS) is 11.6. The van der Waals surface area contributed by atoms with Crippen molar-refractivity contribution in [1.29, 1.82) is 0 Å². The van der Waals surface area contributed by atoms with Gasteiger partial charge in [-0.1, -0.05) is 31.9 Å². The van der Waals surface area contributed by atoms with Crippen LogP contribution in [-0.2, 0) is 14.3 Å². The lowest BCUT2D eigenvalue weighted by Crippen LogP contribution is -1.96. The number of ether oxygens (including phenoxy) is 1. The van der Waals surface area contributed by atoms with Crippen LogP contribution >= 0.6 is 0 Å². The van der Waals surface area contributed by atoms with Crippen LogP contribution in [0.5, 0.6) is 0 Å². The molecule has 0 aromatic rings. The predicted octanol–water partition coefficient (Wildman–Crippen LogP) is 2.43. The van der Waals surface area contributed by atoms with Gasteiger partial charge in [0.25, 0.3) is 0 Å². The van der Waals surface area contributed by atoms with Crippen LogP contribution in [0.1, 0.15) is 26.2 Å². The largest absolute Gasteiger partial charge is 0.478 e. The molecule has 0 saturated carbocycles. The van der Waals surface area contributed by atoms with Gasteiger partial charge in [0.2, 0.25) is 0 Å². The van der Waals surface area contributed by atoms with E-state index >= 15 is 0 Å². The van der Waals surface area contributed by atoms with Crippen molar-refractivity contribution in [2.75, 3.05) is 0 Å². The second kappa shape index (κ2) is 9.71. The van der Waals surface area contributed by atoms with E-state index in [1.165, 1.54) is 6.26 Å². The highest BCUT2D eigenvalue weighted by molar-refractivity contribution is 5.90. The Kier molecular flexibility index (Phi) is 8.59. The molecule has 0 unspecified atom stereocenters. The first-order valence-electron chi connectivity index (χ1n) is 5.10. The molecule has 0 bridgehead atoms.